The van der Waals surface area contributed by atoms with E-state index in [-0.39, 0.29) is 12.7 Å². The van der Waals surface area contributed by atoms with E-state index in [0.717, 1.165) is 56.6 Å². The SMILES string of the molecule is COC1(N(Cc2ccccc2)C(=O)OCc2ccccc2)CCN(C2CCOCC2)C(C)C1. The molecule has 0 radical (unpaired) electrons. The molecule has 0 bridgehead atoms. The number of amides is 1. The Morgan fingerprint density at radius 2 is 1.70 bits per heavy atom. The van der Waals surface area contributed by atoms with Gasteiger partial charge in [-0.2, -0.15) is 0 Å². The fraction of sp³-hybridized carbons (Fsp3) is 0.519. The summed E-state index contributed by atoms with van der Waals surface area (Å²) in [6.07, 6.45) is 3.29. The van der Waals surface area contributed by atoms with Gasteiger partial charge in [-0.3, -0.25) is 9.80 Å². The summed E-state index contributed by atoms with van der Waals surface area (Å²) in [5.74, 6) is 0. The summed E-state index contributed by atoms with van der Waals surface area (Å²) < 4.78 is 17.5. The van der Waals surface area contributed by atoms with Gasteiger partial charge in [-0.1, -0.05) is 60.7 Å². The maximum absolute atomic E-state index is 13.5. The van der Waals surface area contributed by atoms with Crippen LogP contribution in [0, 0.1) is 0 Å². The molecule has 2 fully saturated rings. The van der Waals surface area contributed by atoms with Crippen molar-refractivity contribution in [2.45, 2.75) is 63.6 Å². The second kappa shape index (κ2) is 11.1. The van der Waals surface area contributed by atoms with Crippen molar-refractivity contribution >= 4 is 6.09 Å². The zero-order chi connectivity index (χ0) is 23.1. The summed E-state index contributed by atoms with van der Waals surface area (Å²) in [7, 11) is 1.72. The summed E-state index contributed by atoms with van der Waals surface area (Å²) in [6, 6.07) is 20.7. The molecule has 178 valence electrons. The van der Waals surface area contributed by atoms with Gasteiger partial charge in [0.1, 0.15) is 12.3 Å². The first-order valence-corrected chi connectivity index (χ1v) is 12.0. The van der Waals surface area contributed by atoms with Crippen molar-refractivity contribution in [3.05, 3.63) is 71.8 Å². The van der Waals surface area contributed by atoms with Crippen LogP contribution in [0.1, 0.15) is 43.7 Å². The van der Waals surface area contributed by atoms with Gasteiger partial charge in [0.05, 0.1) is 6.54 Å². The van der Waals surface area contributed by atoms with Crippen LogP contribution in [0.2, 0.25) is 0 Å². The average Bonchev–Trinajstić information content (AvgIpc) is 2.87. The molecule has 0 aliphatic carbocycles. The highest BCUT2D eigenvalue weighted by atomic mass is 16.6. The molecule has 0 aromatic heterocycles. The molecule has 0 saturated carbocycles. The Bertz CT molecular complexity index is 872. The first-order chi connectivity index (χ1) is 16.1. The summed E-state index contributed by atoms with van der Waals surface area (Å²) >= 11 is 0. The van der Waals surface area contributed by atoms with Gasteiger partial charge in [-0.05, 0) is 30.9 Å². The Morgan fingerprint density at radius 1 is 1.06 bits per heavy atom. The number of rotatable bonds is 7. The molecule has 2 aliphatic rings. The summed E-state index contributed by atoms with van der Waals surface area (Å²) in [5.41, 5.74) is 1.33. The molecular weight excluding hydrogens is 416 g/mol. The first kappa shape index (κ1) is 23.7. The topological polar surface area (TPSA) is 51.2 Å². The van der Waals surface area contributed by atoms with Crippen molar-refractivity contribution in [3.8, 4) is 0 Å². The van der Waals surface area contributed by atoms with Crippen LogP contribution >= 0.6 is 0 Å². The normalized spacial score (nSPS) is 24.4. The number of ether oxygens (including phenoxy) is 3. The minimum absolute atomic E-state index is 0.245. The van der Waals surface area contributed by atoms with Gasteiger partial charge in [0.2, 0.25) is 0 Å². The molecule has 6 nitrogen and oxygen atoms in total. The zero-order valence-electron chi connectivity index (χ0n) is 19.8. The highest BCUT2D eigenvalue weighted by Gasteiger charge is 2.47. The molecule has 2 saturated heterocycles. The van der Waals surface area contributed by atoms with E-state index in [1.54, 1.807) is 7.11 Å². The van der Waals surface area contributed by atoms with Crippen LogP contribution in [0.3, 0.4) is 0 Å². The molecule has 2 aromatic rings. The predicted octanol–water partition coefficient (Wildman–Crippen LogP) is 4.83. The Balaban J connectivity index is 1.52. The van der Waals surface area contributed by atoms with E-state index >= 15 is 0 Å². The van der Waals surface area contributed by atoms with Crippen LogP contribution in [0.15, 0.2) is 60.7 Å². The van der Waals surface area contributed by atoms with Crippen LogP contribution in [-0.4, -0.2) is 60.6 Å². The molecule has 6 heteroatoms. The lowest BCUT2D eigenvalue weighted by Gasteiger charge is -2.51. The third-order valence-corrected chi connectivity index (χ3v) is 7.08. The van der Waals surface area contributed by atoms with E-state index in [2.05, 4.69) is 11.8 Å². The van der Waals surface area contributed by atoms with Crippen molar-refractivity contribution in [2.24, 2.45) is 0 Å². The van der Waals surface area contributed by atoms with Crippen molar-refractivity contribution in [2.75, 3.05) is 26.9 Å². The van der Waals surface area contributed by atoms with Crippen molar-refractivity contribution in [3.63, 3.8) is 0 Å². The first-order valence-electron chi connectivity index (χ1n) is 12.0. The maximum atomic E-state index is 13.5. The highest BCUT2D eigenvalue weighted by molar-refractivity contribution is 5.68. The van der Waals surface area contributed by atoms with E-state index in [9.17, 15) is 4.79 Å². The predicted molar refractivity (Wildman–Crippen MR) is 128 cm³/mol. The number of piperidine rings is 1. The lowest BCUT2D eigenvalue weighted by molar-refractivity contribution is -0.174. The fourth-order valence-electron chi connectivity index (χ4n) is 5.24. The number of hydrogen-bond donors (Lipinski definition) is 0. The van der Waals surface area contributed by atoms with E-state index in [0.29, 0.717) is 18.6 Å². The monoisotopic (exact) mass is 452 g/mol. The van der Waals surface area contributed by atoms with Gasteiger partial charge in [0.25, 0.3) is 0 Å². The number of methoxy groups -OCH3 is 1. The third kappa shape index (κ3) is 5.75. The van der Waals surface area contributed by atoms with Crippen molar-refractivity contribution in [1.29, 1.82) is 0 Å². The molecular formula is C27H36N2O4. The van der Waals surface area contributed by atoms with Gasteiger partial charge in [0, 0.05) is 51.8 Å². The molecule has 2 atom stereocenters. The highest BCUT2D eigenvalue weighted by Crippen LogP contribution is 2.37. The number of carbonyl (C=O) groups excluding carboxylic acids is 1. The van der Waals surface area contributed by atoms with Crippen molar-refractivity contribution in [1.82, 2.24) is 9.80 Å². The van der Waals surface area contributed by atoms with Gasteiger partial charge in [0.15, 0.2) is 0 Å². The Hall–Kier alpha value is -2.41. The largest absolute Gasteiger partial charge is 0.444 e. The van der Waals surface area contributed by atoms with Gasteiger partial charge in [-0.25, -0.2) is 4.79 Å². The molecule has 4 rings (SSSR count). The minimum atomic E-state index is -0.704. The lowest BCUT2D eigenvalue weighted by Crippen LogP contribution is -2.62. The van der Waals surface area contributed by atoms with E-state index in [1.165, 1.54) is 0 Å². The number of hydrogen-bond acceptors (Lipinski definition) is 5. The Labute approximate surface area is 197 Å². The average molecular weight is 453 g/mol. The summed E-state index contributed by atoms with van der Waals surface area (Å²) in [4.78, 5) is 17.9. The fourth-order valence-corrected chi connectivity index (χ4v) is 5.24. The zero-order valence-corrected chi connectivity index (χ0v) is 19.8. The lowest BCUT2D eigenvalue weighted by atomic mass is 9.89. The second-order valence-electron chi connectivity index (χ2n) is 9.15. The summed E-state index contributed by atoms with van der Waals surface area (Å²) in [5, 5.41) is 0. The molecule has 2 unspecified atom stereocenters. The third-order valence-electron chi connectivity index (χ3n) is 7.08. The molecule has 2 aromatic carbocycles. The van der Waals surface area contributed by atoms with Gasteiger partial charge >= 0.3 is 6.09 Å². The van der Waals surface area contributed by atoms with Crippen molar-refractivity contribution < 1.29 is 19.0 Å². The number of benzene rings is 2. The Kier molecular flexibility index (Phi) is 8.02. The molecule has 2 aliphatic heterocycles. The smallest absolute Gasteiger partial charge is 0.412 e. The van der Waals surface area contributed by atoms with Crippen LogP contribution in [0.4, 0.5) is 4.79 Å². The van der Waals surface area contributed by atoms with Crippen LogP contribution < -0.4 is 0 Å². The van der Waals surface area contributed by atoms with E-state index in [1.807, 2.05) is 65.6 Å². The number of carbonyl (C=O) groups is 1. The van der Waals surface area contributed by atoms with E-state index in [4.69, 9.17) is 14.2 Å². The van der Waals surface area contributed by atoms with Gasteiger partial charge < -0.3 is 14.2 Å². The maximum Gasteiger partial charge on any atom is 0.412 e. The standard InChI is InChI=1S/C27H36N2O4/c1-22-19-27(31-2,15-16-28(22)25-13-17-32-18-14-25)29(20-23-9-5-3-6-10-23)26(30)33-21-24-11-7-4-8-12-24/h3-12,22,25H,13-21H2,1-2H3. The molecule has 33 heavy (non-hydrogen) atoms. The minimum Gasteiger partial charge on any atom is -0.444 e. The van der Waals surface area contributed by atoms with Crippen LogP contribution in [0.25, 0.3) is 0 Å². The Morgan fingerprint density at radius 3 is 2.30 bits per heavy atom. The molecule has 0 N–H and O–H groups in total. The molecule has 1 amide bonds. The quantitative estimate of drug-likeness (QED) is 0.563. The van der Waals surface area contributed by atoms with Gasteiger partial charge in [-0.15, -0.1) is 0 Å². The summed E-state index contributed by atoms with van der Waals surface area (Å²) in [6.45, 7) is 5.49. The number of likely N-dealkylation sites (tertiary alicyclic amines) is 1. The van der Waals surface area contributed by atoms with E-state index < -0.39 is 5.72 Å². The van der Waals surface area contributed by atoms with Crippen LogP contribution in [0.5, 0.6) is 0 Å². The van der Waals surface area contributed by atoms with Crippen LogP contribution in [-0.2, 0) is 27.4 Å². The molecule has 0 spiro atoms. The molecule has 2 heterocycles. The second-order valence-corrected chi connectivity index (χ2v) is 9.15. The number of nitrogens with zero attached hydrogens (tertiary/aromatic N) is 2.